The molecule has 2 unspecified atom stereocenters. The molecule has 1 aromatic heterocycles. The fourth-order valence-electron chi connectivity index (χ4n) is 4.97. The lowest BCUT2D eigenvalue weighted by atomic mass is 9.76. The summed E-state index contributed by atoms with van der Waals surface area (Å²) in [5, 5.41) is 2.67. The van der Waals surface area contributed by atoms with E-state index in [0.29, 0.717) is 5.92 Å². The van der Waals surface area contributed by atoms with Crippen molar-refractivity contribution in [1.82, 2.24) is 4.98 Å². The predicted octanol–water partition coefficient (Wildman–Crippen LogP) is 7.92. The summed E-state index contributed by atoms with van der Waals surface area (Å²) in [5.74, 6) is 3.20. The Hall–Kier alpha value is -1.37. The molecule has 1 aliphatic carbocycles. The van der Waals surface area contributed by atoms with Crippen LogP contribution in [0.3, 0.4) is 0 Å². The summed E-state index contributed by atoms with van der Waals surface area (Å²) in [4.78, 5) is 4.84. The first kappa shape index (κ1) is 20.4. The zero-order chi connectivity index (χ0) is 19.2. The van der Waals surface area contributed by atoms with Crippen molar-refractivity contribution in [3.8, 4) is 0 Å². The molecule has 1 heteroatoms. The van der Waals surface area contributed by atoms with Crippen molar-refractivity contribution in [2.45, 2.75) is 91.4 Å². The first-order chi connectivity index (χ1) is 13.1. The first-order valence-electron chi connectivity index (χ1n) is 11.5. The van der Waals surface area contributed by atoms with Crippen molar-refractivity contribution in [3.63, 3.8) is 0 Å². The Morgan fingerprint density at radius 2 is 1.78 bits per heavy atom. The number of hydrogen-bond acceptors (Lipinski definition) is 1. The SMILES string of the molecule is CCCC(CC)CCc1ccc2cnc(C(C)C3CCC(C)CC3)cc2c1. The molecule has 1 heterocycles. The van der Waals surface area contributed by atoms with E-state index < -0.39 is 0 Å². The predicted molar refractivity (Wildman–Crippen MR) is 118 cm³/mol. The van der Waals surface area contributed by atoms with E-state index in [1.807, 2.05) is 0 Å². The molecular formula is C26H39N. The van der Waals surface area contributed by atoms with Gasteiger partial charge >= 0.3 is 0 Å². The number of hydrogen-bond donors (Lipinski definition) is 0. The molecular weight excluding hydrogens is 326 g/mol. The van der Waals surface area contributed by atoms with Crippen molar-refractivity contribution in [1.29, 1.82) is 0 Å². The summed E-state index contributed by atoms with van der Waals surface area (Å²) in [6.45, 7) is 9.45. The van der Waals surface area contributed by atoms with Gasteiger partial charge in [-0.05, 0) is 60.5 Å². The maximum Gasteiger partial charge on any atom is 0.0440 e. The van der Waals surface area contributed by atoms with Crippen molar-refractivity contribution >= 4 is 10.8 Å². The van der Waals surface area contributed by atoms with Crippen LogP contribution >= 0.6 is 0 Å². The van der Waals surface area contributed by atoms with Crippen molar-refractivity contribution in [2.75, 3.05) is 0 Å². The van der Waals surface area contributed by atoms with Gasteiger partial charge in [-0.2, -0.15) is 0 Å². The lowest BCUT2D eigenvalue weighted by molar-refractivity contribution is 0.259. The van der Waals surface area contributed by atoms with Gasteiger partial charge in [0.05, 0.1) is 0 Å². The lowest BCUT2D eigenvalue weighted by Gasteiger charge is -2.30. The second-order valence-electron chi connectivity index (χ2n) is 9.20. The van der Waals surface area contributed by atoms with Crippen LogP contribution in [0.2, 0.25) is 0 Å². The zero-order valence-corrected chi connectivity index (χ0v) is 18.0. The van der Waals surface area contributed by atoms with Gasteiger partial charge in [-0.15, -0.1) is 0 Å². The number of aryl methyl sites for hydroxylation is 1. The molecule has 2 atom stereocenters. The average Bonchev–Trinajstić information content (AvgIpc) is 2.70. The van der Waals surface area contributed by atoms with E-state index in [9.17, 15) is 0 Å². The van der Waals surface area contributed by atoms with Crippen LogP contribution in [-0.4, -0.2) is 4.98 Å². The van der Waals surface area contributed by atoms with Crippen LogP contribution in [0.25, 0.3) is 10.8 Å². The van der Waals surface area contributed by atoms with Gasteiger partial charge in [0.2, 0.25) is 0 Å². The smallest absolute Gasteiger partial charge is 0.0440 e. The van der Waals surface area contributed by atoms with E-state index in [0.717, 1.165) is 17.8 Å². The molecule has 0 N–H and O–H groups in total. The minimum absolute atomic E-state index is 0.583. The summed E-state index contributed by atoms with van der Waals surface area (Å²) >= 11 is 0. The molecule has 1 aliphatic rings. The third-order valence-corrected chi connectivity index (χ3v) is 7.16. The van der Waals surface area contributed by atoms with Crippen LogP contribution in [0.4, 0.5) is 0 Å². The maximum atomic E-state index is 4.84. The molecule has 1 nitrogen and oxygen atoms in total. The lowest BCUT2D eigenvalue weighted by Crippen LogP contribution is -2.18. The van der Waals surface area contributed by atoms with E-state index in [1.54, 1.807) is 0 Å². The van der Waals surface area contributed by atoms with E-state index in [2.05, 4.69) is 58.2 Å². The highest BCUT2D eigenvalue weighted by molar-refractivity contribution is 5.82. The fourth-order valence-corrected chi connectivity index (χ4v) is 4.97. The van der Waals surface area contributed by atoms with Gasteiger partial charge in [0.15, 0.2) is 0 Å². The minimum Gasteiger partial charge on any atom is -0.260 e. The van der Waals surface area contributed by atoms with Crippen LogP contribution in [0.15, 0.2) is 30.5 Å². The minimum atomic E-state index is 0.583. The summed E-state index contributed by atoms with van der Waals surface area (Å²) in [7, 11) is 0. The molecule has 0 bridgehead atoms. The largest absolute Gasteiger partial charge is 0.260 e. The number of aromatic nitrogens is 1. The molecule has 1 fully saturated rings. The van der Waals surface area contributed by atoms with Crippen LogP contribution in [0, 0.1) is 17.8 Å². The summed E-state index contributed by atoms with van der Waals surface area (Å²) in [6.07, 6.45) is 14.2. The third-order valence-electron chi connectivity index (χ3n) is 7.16. The highest BCUT2D eigenvalue weighted by atomic mass is 14.7. The quantitative estimate of drug-likeness (QED) is 0.463. The Kier molecular flexibility index (Phi) is 7.33. The number of rotatable bonds is 8. The first-order valence-corrected chi connectivity index (χ1v) is 11.5. The molecule has 1 saturated carbocycles. The van der Waals surface area contributed by atoms with Gasteiger partial charge in [0.1, 0.15) is 0 Å². The molecule has 3 rings (SSSR count). The van der Waals surface area contributed by atoms with Crippen LogP contribution < -0.4 is 0 Å². The second-order valence-corrected chi connectivity index (χ2v) is 9.20. The van der Waals surface area contributed by atoms with Crippen LogP contribution in [-0.2, 0) is 6.42 Å². The van der Waals surface area contributed by atoms with Crippen LogP contribution in [0.5, 0.6) is 0 Å². The number of pyridine rings is 1. The monoisotopic (exact) mass is 365 g/mol. The molecule has 2 aromatic rings. The Labute approximate surface area is 167 Å². The Morgan fingerprint density at radius 3 is 2.48 bits per heavy atom. The van der Waals surface area contributed by atoms with Crippen LogP contribution in [0.1, 0.15) is 96.2 Å². The molecule has 27 heavy (non-hydrogen) atoms. The van der Waals surface area contributed by atoms with Gasteiger partial charge in [0.25, 0.3) is 0 Å². The molecule has 1 aromatic carbocycles. The van der Waals surface area contributed by atoms with Crippen molar-refractivity contribution in [3.05, 3.63) is 41.7 Å². The van der Waals surface area contributed by atoms with Gasteiger partial charge < -0.3 is 0 Å². The van der Waals surface area contributed by atoms with Crippen molar-refractivity contribution in [2.24, 2.45) is 17.8 Å². The van der Waals surface area contributed by atoms with E-state index in [-0.39, 0.29) is 0 Å². The Morgan fingerprint density at radius 1 is 1.00 bits per heavy atom. The van der Waals surface area contributed by atoms with E-state index >= 15 is 0 Å². The van der Waals surface area contributed by atoms with Gasteiger partial charge in [0, 0.05) is 23.2 Å². The highest BCUT2D eigenvalue weighted by Gasteiger charge is 2.25. The van der Waals surface area contributed by atoms with E-state index in [4.69, 9.17) is 4.98 Å². The topological polar surface area (TPSA) is 12.9 Å². The molecule has 0 spiro atoms. The summed E-state index contributed by atoms with van der Waals surface area (Å²) < 4.78 is 0. The molecule has 148 valence electrons. The number of benzene rings is 1. The molecule has 0 aliphatic heterocycles. The van der Waals surface area contributed by atoms with Crippen molar-refractivity contribution < 1.29 is 0 Å². The number of nitrogens with zero attached hydrogens (tertiary/aromatic N) is 1. The van der Waals surface area contributed by atoms with Gasteiger partial charge in [-0.25, -0.2) is 0 Å². The molecule has 0 amide bonds. The normalized spacial score (nSPS) is 22.7. The van der Waals surface area contributed by atoms with Gasteiger partial charge in [-0.3, -0.25) is 4.98 Å². The van der Waals surface area contributed by atoms with E-state index in [1.165, 1.54) is 79.8 Å². The Bertz CT molecular complexity index is 711. The maximum absolute atomic E-state index is 4.84. The summed E-state index contributed by atoms with van der Waals surface area (Å²) in [5.41, 5.74) is 2.80. The Balaban J connectivity index is 1.71. The standard InChI is InChI=1S/C26H39N/c1-5-7-21(6-2)10-11-22-12-15-24-18-27-26(17-25(24)16-22)20(4)23-13-8-19(3)9-14-23/h12,15-21,23H,5-11,13-14H2,1-4H3. The average molecular weight is 366 g/mol. The third kappa shape index (κ3) is 5.33. The molecule has 0 saturated heterocycles. The fraction of sp³-hybridized carbons (Fsp3) is 0.654. The zero-order valence-electron chi connectivity index (χ0n) is 18.0. The highest BCUT2D eigenvalue weighted by Crippen LogP contribution is 2.37. The second kappa shape index (κ2) is 9.71. The number of fused-ring (bicyclic) bond motifs is 1. The summed E-state index contributed by atoms with van der Waals surface area (Å²) in [6, 6.07) is 9.39. The molecule has 0 radical (unpaired) electrons. The van der Waals surface area contributed by atoms with Gasteiger partial charge in [-0.1, -0.05) is 78.0 Å².